The van der Waals surface area contributed by atoms with Gasteiger partial charge in [-0.2, -0.15) is 0 Å². The molecule has 0 unspecified atom stereocenters. The van der Waals surface area contributed by atoms with Crippen LogP contribution in [0.4, 0.5) is 0 Å². The first-order valence-electron chi connectivity index (χ1n) is 22.6. The Bertz CT molecular complexity index is 2990. The number of rotatable bonds is 16. The smallest absolute Gasteiger partial charge is 0.355 e. The Kier molecular flexibility index (Phi) is 16.9. The molecule has 2 aromatic heterocycles. The lowest BCUT2D eigenvalue weighted by Gasteiger charge is -2.12. The molecule has 0 saturated heterocycles. The maximum absolute atomic E-state index is 13.2. The number of aromatic hydroxyl groups is 2. The zero-order valence-corrected chi connectivity index (χ0v) is 42.3. The Morgan fingerprint density at radius 1 is 0.536 bits per heavy atom. The fraction of sp³-hybridized carbons (Fsp3) is 0.193. The molecule has 0 spiro atoms. The molecule has 2 heterocycles. The molecule has 0 amide bonds. The molecule has 10 nitrogen and oxygen atoms in total. The van der Waals surface area contributed by atoms with E-state index in [1.54, 1.807) is 36.4 Å². The summed E-state index contributed by atoms with van der Waals surface area (Å²) in [7, 11) is 2.79. The van der Waals surface area contributed by atoms with Gasteiger partial charge in [0.15, 0.2) is 0 Å². The van der Waals surface area contributed by atoms with Crippen molar-refractivity contribution in [3.8, 4) is 67.5 Å². The number of carbonyl (C=O) groups is 2. The lowest BCUT2D eigenvalue weighted by atomic mass is 9.96. The van der Waals surface area contributed by atoms with Crippen molar-refractivity contribution in [2.75, 3.05) is 20.8 Å². The second kappa shape index (κ2) is 23.3. The zero-order chi connectivity index (χ0) is 49.0. The second-order valence-corrected chi connectivity index (χ2v) is 18.0. The monoisotopic (exact) mass is 1050 g/mol. The Labute approximate surface area is 420 Å². The van der Waals surface area contributed by atoms with Crippen LogP contribution in [0, 0.1) is 0 Å². The number of aromatic nitrogens is 2. The van der Waals surface area contributed by atoms with Crippen molar-refractivity contribution in [2.45, 2.75) is 52.8 Å². The first kappa shape index (κ1) is 49.9. The number of ether oxygens (including phenoxy) is 4. The standard InChI is InChI=1S/C31H32BrNO4.C26H22BrNO4/c1-5-36-25-14-12-24(13-15-25)29-27(22-10-16-26(17-11-22)37-21(2)3)20-33(30(29)31(34)35-4)19-18-23-8-6-7-9-28(23)32;1-32-26(31)25-24(19-8-12-21(30)13-9-19)22(17-6-10-20(29)11-7-17)16-28(25)15-14-18-4-2-3-5-23(18)27/h6-17,20-21H,5,18-19H2,1-4H3;2-13,16,29-30H,14-15H2,1H3. The quantitative estimate of drug-likeness (QED) is 0.0918. The predicted octanol–water partition coefficient (Wildman–Crippen LogP) is 13.8. The minimum atomic E-state index is -0.440. The van der Waals surface area contributed by atoms with Crippen LogP contribution in [0.5, 0.6) is 23.0 Å². The maximum atomic E-state index is 13.2. The first-order valence-corrected chi connectivity index (χ1v) is 24.2. The van der Waals surface area contributed by atoms with Crippen molar-refractivity contribution in [1.29, 1.82) is 0 Å². The number of hydrogen-bond donors (Lipinski definition) is 2. The lowest BCUT2D eigenvalue weighted by molar-refractivity contribution is 0.0580. The number of carbonyl (C=O) groups excluding carboxylic acids is 2. The van der Waals surface area contributed by atoms with Gasteiger partial charge in [-0.3, -0.25) is 0 Å². The summed E-state index contributed by atoms with van der Waals surface area (Å²) in [4.78, 5) is 26.1. The van der Waals surface area contributed by atoms with Gasteiger partial charge in [0.2, 0.25) is 0 Å². The minimum absolute atomic E-state index is 0.0922. The molecule has 69 heavy (non-hydrogen) atoms. The summed E-state index contributed by atoms with van der Waals surface area (Å²) in [6.07, 6.45) is 5.55. The average molecular weight is 1050 g/mol. The van der Waals surface area contributed by atoms with E-state index in [1.165, 1.54) is 19.8 Å². The third kappa shape index (κ3) is 12.2. The highest BCUT2D eigenvalue weighted by atomic mass is 79.9. The average Bonchev–Trinajstić information content (AvgIpc) is 3.93. The number of phenolic OH excluding ortho intramolecular Hbond substituents is 2. The zero-order valence-electron chi connectivity index (χ0n) is 39.1. The Morgan fingerprint density at radius 3 is 1.30 bits per heavy atom. The third-order valence-corrected chi connectivity index (χ3v) is 12.9. The minimum Gasteiger partial charge on any atom is -0.508 e. The number of aryl methyl sites for hydroxylation is 4. The molecule has 0 aliphatic heterocycles. The van der Waals surface area contributed by atoms with Crippen molar-refractivity contribution in [3.63, 3.8) is 0 Å². The summed E-state index contributed by atoms with van der Waals surface area (Å²) in [5, 5.41) is 19.5. The number of nitrogens with zero attached hydrogens (tertiary/aromatic N) is 2. The summed E-state index contributed by atoms with van der Waals surface area (Å²) in [5.41, 5.74) is 10.2. The summed E-state index contributed by atoms with van der Waals surface area (Å²) < 4.78 is 27.9. The third-order valence-electron chi connectivity index (χ3n) is 11.4. The van der Waals surface area contributed by atoms with E-state index in [1.807, 2.05) is 145 Å². The van der Waals surface area contributed by atoms with Crippen LogP contribution in [0.15, 0.2) is 167 Å². The van der Waals surface area contributed by atoms with Gasteiger partial charge in [-0.05, 0) is 128 Å². The topological polar surface area (TPSA) is 121 Å². The van der Waals surface area contributed by atoms with Gasteiger partial charge in [0.25, 0.3) is 0 Å². The SMILES string of the molecule is CCOc1ccc(-c2c(-c3ccc(OC(C)C)cc3)cn(CCc3ccccc3Br)c2C(=O)OC)cc1.COC(=O)c1c(-c2ccc(O)cc2)c(-c2ccc(O)cc2)cn1CCc1ccccc1Br. The summed E-state index contributed by atoms with van der Waals surface area (Å²) >= 11 is 7.23. The van der Waals surface area contributed by atoms with Gasteiger partial charge >= 0.3 is 11.9 Å². The fourth-order valence-electron chi connectivity index (χ4n) is 8.14. The Balaban J connectivity index is 0.000000206. The van der Waals surface area contributed by atoms with Crippen molar-refractivity contribution in [1.82, 2.24) is 9.13 Å². The van der Waals surface area contributed by atoms with Crippen LogP contribution in [0.1, 0.15) is 52.9 Å². The number of methoxy groups -OCH3 is 2. The number of esters is 2. The van der Waals surface area contributed by atoms with Crippen LogP contribution in [0.3, 0.4) is 0 Å². The van der Waals surface area contributed by atoms with E-state index < -0.39 is 5.97 Å². The molecule has 12 heteroatoms. The van der Waals surface area contributed by atoms with E-state index in [0.717, 1.165) is 76.9 Å². The van der Waals surface area contributed by atoms with Crippen molar-refractivity contribution < 1.29 is 38.7 Å². The van der Waals surface area contributed by atoms with Crippen LogP contribution in [0.25, 0.3) is 44.5 Å². The van der Waals surface area contributed by atoms with Crippen LogP contribution >= 0.6 is 31.9 Å². The van der Waals surface area contributed by atoms with E-state index in [-0.39, 0.29) is 23.6 Å². The Hall–Kier alpha value is -7.02. The van der Waals surface area contributed by atoms with E-state index in [0.29, 0.717) is 37.5 Å². The molecule has 0 fully saturated rings. The van der Waals surface area contributed by atoms with Crippen LogP contribution in [-0.4, -0.2) is 58.2 Å². The highest BCUT2D eigenvalue weighted by molar-refractivity contribution is 9.10. The first-order chi connectivity index (χ1) is 33.4. The molecular formula is C57H54Br2N2O8. The lowest BCUT2D eigenvalue weighted by Crippen LogP contribution is -2.12. The molecule has 0 bridgehead atoms. The summed E-state index contributed by atoms with van der Waals surface area (Å²) in [6.45, 7) is 7.74. The summed E-state index contributed by atoms with van der Waals surface area (Å²) in [6, 6.07) is 45.6. The van der Waals surface area contributed by atoms with Gasteiger partial charge in [0.05, 0.1) is 26.9 Å². The van der Waals surface area contributed by atoms with Gasteiger partial charge in [-0.25, -0.2) is 9.59 Å². The van der Waals surface area contributed by atoms with Crippen molar-refractivity contribution >= 4 is 43.8 Å². The molecule has 6 aromatic carbocycles. The molecule has 0 radical (unpaired) electrons. The molecule has 0 atom stereocenters. The van der Waals surface area contributed by atoms with Gasteiger partial charge in [-0.15, -0.1) is 0 Å². The molecule has 8 aromatic rings. The molecule has 8 rings (SSSR count). The van der Waals surface area contributed by atoms with E-state index in [9.17, 15) is 19.8 Å². The number of hydrogen-bond acceptors (Lipinski definition) is 8. The van der Waals surface area contributed by atoms with Crippen LogP contribution in [-0.2, 0) is 35.4 Å². The maximum Gasteiger partial charge on any atom is 0.355 e. The molecule has 354 valence electrons. The van der Waals surface area contributed by atoms with Crippen molar-refractivity contribution in [2.24, 2.45) is 0 Å². The van der Waals surface area contributed by atoms with Gasteiger partial charge < -0.3 is 38.3 Å². The summed E-state index contributed by atoms with van der Waals surface area (Å²) in [5.74, 6) is 1.10. The van der Waals surface area contributed by atoms with E-state index in [4.69, 9.17) is 18.9 Å². The molecule has 0 aliphatic carbocycles. The number of phenols is 2. The molecule has 0 aliphatic rings. The fourth-order valence-corrected chi connectivity index (χ4v) is 9.11. The van der Waals surface area contributed by atoms with E-state index >= 15 is 0 Å². The highest BCUT2D eigenvalue weighted by Gasteiger charge is 2.27. The van der Waals surface area contributed by atoms with Crippen LogP contribution < -0.4 is 9.47 Å². The van der Waals surface area contributed by atoms with Gasteiger partial charge in [0.1, 0.15) is 34.4 Å². The van der Waals surface area contributed by atoms with Gasteiger partial charge in [-0.1, -0.05) is 117 Å². The molecule has 0 saturated carbocycles. The predicted molar refractivity (Wildman–Crippen MR) is 279 cm³/mol. The number of benzene rings is 6. The number of halogens is 2. The van der Waals surface area contributed by atoms with Gasteiger partial charge in [0, 0.05) is 56.7 Å². The molecule has 2 N–H and O–H groups in total. The normalized spacial score (nSPS) is 10.9. The van der Waals surface area contributed by atoms with Crippen LogP contribution in [0.2, 0.25) is 0 Å². The largest absolute Gasteiger partial charge is 0.508 e. The highest BCUT2D eigenvalue weighted by Crippen LogP contribution is 2.40. The molecular weight excluding hydrogens is 1000 g/mol. The second-order valence-electron chi connectivity index (χ2n) is 16.3. The van der Waals surface area contributed by atoms with E-state index in [2.05, 4.69) is 37.9 Å². The Morgan fingerprint density at radius 2 is 0.913 bits per heavy atom. The van der Waals surface area contributed by atoms with Crippen molar-refractivity contribution in [3.05, 3.63) is 189 Å².